The lowest BCUT2D eigenvalue weighted by molar-refractivity contribution is 0.0363. The number of aromatic amines is 1. The van der Waals surface area contributed by atoms with Gasteiger partial charge in [-0.2, -0.15) is 4.73 Å². The molecule has 2 aromatic rings. The van der Waals surface area contributed by atoms with E-state index in [1.165, 1.54) is 6.92 Å². The van der Waals surface area contributed by atoms with Crippen LogP contribution in [0.15, 0.2) is 0 Å². The first-order chi connectivity index (χ1) is 11.2. The highest BCUT2D eigenvalue weighted by Gasteiger charge is 2.29. The van der Waals surface area contributed by atoms with Crippen molar-refractivity contribution >= 4 is 58.3 Å². The molecule has 0 unspecified atom stereocenters. The summed E-state index contributed by atoms with van der Waals surface area (Å²) in [5.74, 6) is -1.65. The number of halogens is 4. The topological polar surface area (TPSA) is 73.3 Å². The molecule has 0 bridgehead atoms. The van der Waals surface area contributed by atoms with Crippen LogP contribution in [0.25, 0.3) is 0 Å². The van der Waals surface area contributed by atoms with Gasteiger partial charge in [-0.1, -0.05) is 46.4 Å². The second-order valence-electron chi connectivity index (χ2n) is 4.71. The van der Waals surface area contributed by atoms with Crippen molar-refractivity contribution in [3.63, 3.8) is 0 Å². The highest BCUT2D eigenvalue weighted by Crippen LogP contribution is 2.33. The number of aryl methyl sites for hydroxylation is 1. The van der Waals surface area contributed by atoms with Crippen LogP contribution in [0.5, 0.6) is 0 Å². The molecule has 0 amide bonds. The van der Waals surface area contributed by atoms with Crippen LogP contribution in [-0.4, -0.2) is 28.3 Å². The predicted molar refractivity (Wildman–Crippen MR) is 91.6 cm³/mol. The Morgan fingerprint density at radius 2 is 1.62 bits per heavy atom. The summed E-state index contributed by atoms with van der Waals surface area (Å²) >= 11 is 24.0. The summed E-state index contributed by atoms with van der Waals surface area (Å²) in [6.07, 6.45) is 0. The van der Waals surface area contributed by atoms with E-state index in [2.05, 4.69) is 4.98 Å². The van der Waals surface area contributed by atoms with Gasteiger partial charge in [-0.05, 0) is 20.8 Å². The third kappa shape index (κ3) is 3.24. The van der Waals surface area contributed by atoms with Crippen molar-refractivity contribution in [2.45, 2.75) is 20.8 Å². The van der Waals surface area contributed by atoms with Crippen molar-refractivity contribution in [1.82, 2.24) is 9.71 Å². The molecule has 0 aliphatic rings. The number of esters is 1. The second kappa shape index (κ2) is 7.27. The molecular formula is C14H12Cl4N2O4. The Hall–Kier alpha value is -1.34. The third-order valence-electron chi connectivity index (χ3n) is 3.13. The van der Waals surface area contributed by atoms with Gasteiger partial charge in [-0.3, -0.25) is 0 Å². The van der Waals surface area contributed by atoms with Crippen LogP contribution in [0, 0.1) is 13.8 Å². The summed E-state index contributed by atoms with van der Waals surface area (Å²) in [6.45, 7) is 4.91. The molecule has 0 aliphatic heterocycles. The number of rotatable bonds is 4. The average molecular weight is 414 g/mol. The van der Waals surface area contributed by atoms with Crippen molar-refractivity contribution < 1.29 is 19.2 Å². The molecule has 0 aromatic carbocycles. The number of nitrogens with zero attached hydrogens (tertiary/aromatic N) is 1. The third-order valence-corrected chi connectivity index (χ3v) is 5.00. The fourth-order valence-electron chi connectivity index (χ4n) is 1.94. The Balaban J connectivity index is 2.45. The minimum Gasteiger partial charge on any atom is -0.461 e. The van der Waals surface area contributed by atoms with Crippen LogP contribution >= 0.6 is 46.4 Å². The molecule has 0 saturated carbocycles. The van der Waals surface area contributed by atoms with E-state index in [4.69, 9.17) is 56.0 Å². The molecule has 6 nitrogen and oxygen atoms in total. The number of hydrogen-bond acceptors (Lipinski definition) is 4. The van der Waals surface area contributed by atoms with Gasteiger partial charge in [0, 0.05) is 5.69 Å². The first kappa shape index (κ1) is 19.0. The van der Waals surface area contributed by atoms with Gasteiger partial charge in [0.05, 0.1) is 32.4 Å². The number of aromatic nitrogens is 2. The van der Waals surface area contributed by atoms with Crippen LogP contribution in [0.4, 0.5) is 0 Å². The van der Waals surface area contributed by atoms with Crippen LogP contribution in [0.3, 0.4) is 0 Å². The molecule has 0 fully saturated rings. The highest BCUT2D eigenvalue weighted by molar-refractivity contribution is 6.45. The first-order valence-electron chi connectivity index (χ1n) is 6.70. The van der Waals surface area contributed by atoms with Gasteiger partial charge >= 0.3 is 11.9 Å². The minimum absolute atomic E-state index is 0.0128. The van der Waals surface area contributed by atoms with E-state index in [1.807, 2.05) is 0 Å². The van der Waals surface area contributed by atoms with E-state index >= 15 is 0 Å². The normalized spacial score (nSPS) is 10.8. The molecule has 0 spiro atoms. The maximum absolute atomic E-state index is 12.4. The summed E-state index contributed by atoms with van der Waals surface area (Å²) in [7, 11) is 0. The lowest BCUT2D eigenvalue weighted by Gasteiger charge is -2.10. The molecule has 130 valence electrons. The van der Waals surface area contributed by atoms with Crippen LogP contribution < -0.4 is 4.84 Å². The molecule has 1 N–H and O–H groups in total. The Bertz CT molecular complexity index is 826. The van der Waals surface area contributed by atoms with Gasteiger partial charge in [0.25, 0.3) is 0 Å². The standard InChI is InChI=1S/C14H12Cl4N2O4/c1-4-23-14(22)12-10(18)8(16)6(3)20(12)24-13(21)11-9(17)7(15)5(2)19-11/h19H,4H2,1-3H3. The zero-order valence-electron chi connectivity index (χ0n) is 12.8. The molecule has 24 heavy (non-hydrogen) atoms. The number of carbonyl (C=O) groups is 2. The van der Waals surface area contributed by atoms with E-state index in [0.717, 1.165) is 4.73 Å². The lowest BCUT2D eigenvalue weighted by atomic mass is 10.4. The largest absolute Gasteiger partial charge is 0.461 e. The Morgan fingerprint density at radius 1 is 1.00 bits per heavy atom. The quantitative estimate of drug-likeness (QED) is 0.749. The number of hydrogen-bond donors (Lipinski definition) is 1. The van der Waals surface area contributed by atoms with Crippen molar-refractivity contribution in [2.75, 3.05) is 6.61 Å². The maximum atomic E-state index is 12.4. The van der Waals surface area contributed by atoms with Crippen LogP contribution in [0.1, 0.15) is 39.3 Å². The predicted octanol–water partition coefficient (Wildman–Crippen LogP) is 4.49. The summed E-state index contributed by atoms with van der Waals surface area (Å²) in [5.41, 5.74) is 0.497. The summed E-state index contributed by atoms with van der Waals surface area (Å²) in [5, 5.41) is 0.208. The van der Waals surface area contributed by atoms with Gasteiger partial charge in [0.2, 0.25) is 0 Å². The van der Waals surface area contributed by atoms with Crippen LogP contribution in [-0.2, 0) is 4.74 Å². The van der Waals surface area contributed by atoms with Gasteiger partial charge in [-0.15, -0.1) is 0 Å². The van der Waals surface area contributed by atoms with Gasteiger partial charge < -0.3 is 14.6 Å². The average Bonchev–Trinajstić information content (AvgIpc) is 2.91. The van der Waals surface area contributed by atoms with Gasteiger partial charge in [0.15, 0.2) is 5.69 Å². The SMILES string of the molecule is CCOC(=O)c1c(Cl)c(Cl)c(C)n1OC(=O)c1[nH]c(C)c(Cl)c1Cl. The van der Waals surface area contributed by atoms with E-state index in [0.29, 0.717) is 5.69 Å². The molecular weight excluding hydrogens is 402 g/mol. The van der Waals surface area contributed by atoms with Gasteiger partial charge in [-0.25, -0.2) is 9.59 Å². The zero-order valence-corrected chi connectivity index (χ0v) is 15.8. The number of H-pyrrole nitrogens is 1. The fourth-order valence-corrected chi connectivity index (χ4v) is 2.80. The molecule has 2 rings (SSSR count). The van der Waals surface area contributed by atoms with E-state index in [1.54, 1.807) is 13.8 Å². The minimum atomic E-state index is -0.869. The van der Waals surface area contributed by atoms with Crippen molar-refractivity contribution in [2.24, 2.45) is 0 Å². The molecule has 10 heteroatoms. The zero-order chi connectivity index (χ0) is 18.2. The Morgan fingerprint density at radius 3 is 2.12 bits per heavy atom. The molecule has 0 atom stereocenters. The maximum Gasteiger partial charge on any atom is 0.381 e. The molecule has 0 aliphatic carbocycles. The number of ether oxygens (including phenoxy) is 1. The molecule has 0 radical (unpaired) electrons. The number of nitrogens with one attached hydrogen (secondary N) is 1. The second-order valence-corrected chi connectivity index (χ2v) is 6.22. The monoisotopic (exact) mass is 412 g/mol. The highest BCUT2D eigenvalue weighted by atomic mass is 35.5. The molecule has 2 heterocycles. The van der Waals surface area contributed by atoms with Crippen molar-refractivity contribution in [1.29, 1.82) is 0 Å². The first-order valence-corrected chi connectivity index (χ1v) is 8.21. The smallest absolute Gasteiger partial charge is 0.381 e. The summed E-state index contributed by atoms with van der Waals surface area (Å²) in [4.78, 5) is 32.3. The Kier molecular flexibility index (Phi) is 5.75. The summed E-state index contributed by atoms with van der Waals surface area (Å²) in [6, 6.07) is 0. The fraction of sp³-hybridized carbons (Fsp3) is 0.286. The molecule has 2 aromatic heterocycles. The van der Waals surface area contributed by atoms with E-state index in [9.17, 15) is 9.59 Å². The lowest BCUT2D eigenvalue weighted by Crippen LogP contribution is -2.25. The number of carbonyl (C=O) groups excluding carboxylic acids is 2. The summed E-state index contributed by atoms with van der Waals surface area (Å²) < 4.78 is 5.81. The van der Waals surface area contributed by atoms with E-state index < -0.39 is 11.9 Å². The Labute approximate surface area is 157 Å². The van der Waals surface area contributed by atoms with Crippen molar-refractivity contribution in [3.8, 4) is 0 Å². The molecule has 0 saturated heterocycles. The van der Waals surface area contributed by atoms with Crippen molar-refractivity contribution in [3.05, 3.63) is 42.9 Å². The van der Waals surface area contributed by atoms with Gasteiger partial charge in [0.1, 0.15) is 5.69 Å². The van der Waals surface area contributed by atoms with Crippen LogP contribution in [0.2, 0.25) is 20.1 Å². The van der Waals surface area contributed by atoms with E-state index in [-0.39, 0.29) is 43.8 Å².